The number of aromatic nitrogens is 3. The second-order valence-electron chi connectivity index (χ2n) is 5.44. The summed E-state index contributed by atoms with van der Waals surface area (Å²) in [7, 11) is 0. The third kappa shape index (κ3) is 3.52. The van der Waals surface area contributed by atoms with E-state index in [2.05, 4.69) is 52.3 Å². The van der Waals surface area contributed by atoms with Crippen molar-refractivity contribution in [2.24, 2.45) is 0 Å². The second-order valence-corrected chi connectivity index (χ2v) is 7.05. The number of nitrogens with one attached hydrogen (secondary N) is 1. The number of hydrogen-bond donors (Lipinski definition) is 1. The smallest absolute Gasteiger partial charge is 0.0869 e. The SMILES string of the molecule is CC(C)(C)NCc1cnnn1-c1ccc(Br)c(Cl)c1Cl. The molecule has 4 nitrogen and oxygen atoms in total. The zero-order valence-corrected chi connectivity index (χ0v) is 14.5. The molecule has 1 aromatic heterocycles. The van der Waals surface area contributed by atoms with E-state index in [1.807, 2.05) is 12.1 Å². The van der Waals surface area contributed by atoms with E-state index in [-0.39, 0.29) is 5.54 Å². The molecular weight excluding hydrogens is 363 g/mol. The van der Waals surface area contributed by atoms with Crippen LogP contribution in [0.25, 0.3) is 5.69 Å². The van der Waals surface area contributed by atoms with Gasteiger partial charge in [-0.3, -0.25) is 0 Å². The molecule has 0 spiro atoms. The van der Waals surface area contributed by atoms with Crippen LogP contribution in [-0.4, -0.2) is 20.5 Å². The van der Waals surface area contributed by atoms with Crippen LogP contribution in [0, 0.1) is 0 Å². The van der Waals surface area contributed by atoms with Crippen LogP contribution in [0.5, 0.6) is 0 Å². The lowest BCUT2D eigenvalue weighted by molar-refractivity contribution is 0.418. The number of rotatable bonds is 3. The molecule has 0 aliphatic heterocycles. The van der Waals surface area contributed by atoms with Crippen LogP contribution >= 0.6 is 39.1 Å². The van der Waals surface area contributed by atoms with Crippen molar-refractivity contribution in [3.05, 3.63) is 38.5 Å². The number of benzene rings is 1. The van der Waals surface area contributed by atoms with Crippen molar-refractivity contribution in [2.45, 2.75) is 32.9 Å². The highest BCUT2D eigenvalue weighted by atomic mass is 79.9. The largest absolute Gasteiger partial charge is 0.306 e. The van der Waals surface area contributed by atoms with Gasteiger partial charge in [0.05, 0.1) is 27.6 Å². The van der Waals surface area contributed by atoms with Crippen LogP contribution in [0.4, 0.5) is 0 Å². The van der Waals surface area contributed by atoms with Gasteiger partial charge in [0, 0.05) is 16.6 Å². The van der Waals surface area contributed by atoms with Gasteiger partial charge in [-0.05, 0) is 48.8 Å². The summed E-state index contributed by atoms with van der Waals surface area (Å²) in [5, 5.41) is 12.3. The van der Waals surface area contributed by atoms with E-state index in [0.717, 1.165) is 10.2 Å². The van der Waals surface area contributed by atoms with Crippen LogP contribution in [0.1, 0.15) is 26.5 Å². The van der Waals surface area contributed by atoms with E-state index in [9.17, 15) is 0 Å². The zero-order chi connectivity index (χ0) is 14.9. The van der Waals surface area contributed by atoms with E-state index >= 15 is 0 Å². The lowest BCUT2D eigenvalue weighted by atomic mass is 10.1. The van der Waals surface area contributed by atoms with Crippen molar-refractivity contribution < 1.29 is 0 Å². The minimum Gasteiger partial charge on any atom is -0.306 e. The molecule has 0 radical (unpaired) electrons. The molecule has 0 atom stereocenters. The fourth-order valence-corrected chi connectivity index (χ4v) is 2.46. The van der Waals surface area contributed by atoms with E-state index < -0.39 is 0 Å². The molecule has 7 heteroatoms. The highest BCUT2D eigenvalue weighted by Gasteiger charge is 2.16. The first-order valence-corrected chi connectivity index (χ1v) is 7.63. The predicted molar refractivity (Wildman–Crippen MR) is 85.7 cm³/mol. The van der Waals surface area contributed by atoms with Crippen LogP contribution in [0.2, 0.25) is 10.0 Å². The Labute approximate surface area is 136 Å². The molecule has 0 amide bonds. The summed E-state index contributed by atoms with van der Waals surface area (Å²) in [6.45, 7) is 6.94. The Morgan fingerprint density at radius 3 is 2.60 bits per heavy atom. The molecule has 0 bridgehead atoms. The van der Waals surface area contributed by atoms with Crippen molar-refractivity contribution in [3.63, 3.8) is 0 Å². The Bertz CT molecular complexity index is 619. The van der Waals surface area contributed by atoms with Gasteiger partial charge in [0.25, 0.3) is 0 Å². The number of halogens is 3. The summed E-state index contributed by atoms with van der Waals surface area (Å²) in [6, 6.07) is 3.69. The fourth-order valence-electron chi connectivity index (χ4n) is 1.61. The molecule has 1 N–H and O–H groups in total. The lowest BCUT2D eigenvalue weighted by Gasteiger charge is -2.20. The van der Waals surface area contributed by atoms with E-state index in [0.29, 0.717) is 22.3 Å². The monoisotopic (exact) mass is 376 g/mol. The van der Waals surface area contributed by atoms with E-state index in [4.69, 9.17) is 23.2 Å². The maximum atomic E-state index is 6.28. The lowest BCUT2D eigenvalue weighted by Crippen LogP contribution is -2.35. The fraction of sp³-hybridized carbons (Fsp3) is 0.385. The molecule has 1 heterocycles. The minimum absolute atomic E-state index is 0.0102. The molecule has 0 saturated heterocycles. The Balaban J connectivity index is 2.35. The van der Waals surface area contributed by atoms with Crippen molar-refractivity contribution in [3.8, 4) is 5.69 Å². The molecular formula is C13H15BrCl2N4. The molecule has 0 aliphatic carbocycles. The number of hydrogen-bond acceptors (Lipinski definition) is 3. The van der Waals surface area contributed by atoms with Gasteiger partial charge < -0.3 is 5.32 Å². The first-order valence-electron chi connectivity index (χ1n) is 6.08. The molecule has 0 unspecified atom stereocenters. The molecule has 0 saturated carbocycles. The zero-order valence-electron chi connectivity index (χ0n) is 11.4. The molecule has 1 aromatic carbocycles. The average Bonchev–Trinajstić information content (AvgIpc) is 2.81. The Kier molecular flexibility index (Phi) is 4.74. The molecule has 20 heavy (non-hydrogen) atoms. The number of nitrogens with zero attached hydrogens (tertiary/aromatic N) is 3. The standard InChI is InChI=1S/C13H15BrCl2N4/c1-13(2,3)17-6-8-7-18-19-20(8)10-5-4-9(14)11(15)12(10)16/h4-5,7,17H,6H2,1-3H3. The summed E-state index contributed by atoms with van der Waals surface area (Å²) in [4.78, 5) is 0. The van der Waals surface area contributed by atoms with Gasteiger partial charge in [-0.1, -0.05) is 28.4 Å². The first-order chi connectivity index (χ1) is 9.29. The average molecular weight is 378 g/mol. The Morgan fingerprint density at radius 2 is 1.95 bits per heavy atom. The predicted octanol–water partition coefficient (Wildman–Crippen LogP) is 4.22. The normalized spacial score (nSPS) is 11.9. The van der Waals surface area contributed by atoms with Gasteiger partial charge >= 0.3 is 0 Å². The van der Waals surface area contributed by atoms with Crippen molar-refractivity contribution >= 4 is 39.1 Å². The van der Waals surface area contributed by atoms with Crippen LogP contribution in [0.3, 0.4) is 0 Å². The minimum atomic E-state index is 0.0102. The van der Waals surface area contributed by atoms with Gasteiger partial charge in [0.2, 0.25) is 0 Å². The molecule has 108 valence electrons. The Hall–Kier alpha value is -0.620. The van der Waals surface area contributed by atoms with Gasteiger partial charge in [0.1, 0.15) is 0 Å². The maximum Gasteiger partial charge on any atom is 0.0869 e. The van der Waals surface area contributed by atoms with E-state index in [1.165, 1.54) is 0 Å². The molecule has 2 aromatic rings. The molecule has 0 fully saturated rings. The first kappa shape index (κ1) is 15.8. The summed E-state index contributed by atoms with van der Waals surface area (Å²) in [5.74, 6) is 0. The van der Waals surface area contributed by atoms with Gasteiger partial charge in [-0.25, -0.2) is 4.68 Å². The highest BCUT2D eigenvalue weighted by molar-refractivity contribution is 9.10. The maximum absolute atomic E-state index is 6.28. The summed E-state index contributed by atoms with van der Waals surface area (Å²) < 4.78 is 2.45. The topological polar surface area (TPSA) is 42.7 Å². The molecule has 2 rings (SSSR count). The van der Waals surface area contributed by atoms with Crippen LogP contribution in [0.15, 0.2) is 22.8 Å². The van der Waals surface area contributed by atoms with Crippen molar-refractivity contribution in [2.75, 3.05) is 0 Å². The summed E-state index contributed by atoms with van der Waals surface area (Å²) >= 11 is 15.8. The quantitative estimate of drug-likeness (QED) is 0.814. The van der Waals surface area contributed by atoms with Crippen LogP contribution in [-0.2, 0) is 6.54 Å². The van der Waals surface area contributed by atoms with Gasteiger partial charge in [-0.15, -0.1) is 5.10 Å². The summed E-state index contributed by atoms with van der Waals surface area (Å²) in [5.41, 5.74) is 1.64. The van der Waals surface area contributed by atoms with Crippen molar-refractivity contribution in [1.29, 1.82) is 0 Å². The van der Waals surface area contributed by atoms with Gasteiger partial charge in [0.15, 0.2) is 0 Å². The van der Waals surface area contributed by atoms with Gasteiger partial charge in [-0.2, -0.15) is 0 Å². The van der Waals surface area contributed by atoms with E-state index in [1.54, 1.807) is 10.9 Å². The molecule has 0 aliphatic rings. The second kappa shape index (κ2) is 6.02. The third-order valence-electron chi connectivity index (χ3n) is 2.66. The van der Waals surface area contributed by atoms with Crippen LogP contribution < -0.4 is 5.32 Å². The summed E-state index contributed by atoms with van der Waals surface area (Å²) in [6.07, 6.45) is 1.71. The van der Waals surface area contributed by atoms with Crippen molar-refractivity contribution in [1.82, 2.24) is 20.3 Å². The highest BCUT2D eigenvalue weighted by Crippen LogP contribution is 2.34. The Morgan fingerprint density at radius 1 is 1.25 bits per heavy atom. The third-order valence-corrected chi connectivity index (χ3v) is 4.42.